The van der Waals surface area contributed by atoms with Crippen molar-refractivity contribution in [3.05, 3.63) is 47.9 Å². The number of hydrogen-bond donors (Lipinski definition) is 1. The molecule has 1 atom stereocenters. The average Bonchev–Trinajstić information content (AvgIpc) is 3.58. The molecule has 2 aliphatic rings. The molecule has 3 aromatic heterocycles. The van der Waals surface area contributed by atoms with E-state index < -0.39 is 0 Å². The fraction of sp³-hybridized carbons (Fsp3) is 0.486. The van der Waals surface area contributed by atoms with Crippen LogP contribution in [-0.4, -0.2) is 121 Å². The fourth-order valence-corrected chi connectivity index (χ4v) is 6.72. The Hall–Kier alpha value is -5.18. The molecule has 50 heavy (non-hydrogen) atoms. The molecule has 0 radical (unpaired) electrons. The number of pyridine rings is 1. The quantitative estimate of drug-likeness (QED) is 0.305. The zero-order chi connectivity index (χ0) is 35.2. The Morgan fingerprint density at radius 1 is 0.980 bits per heavy atom. The first-order chi connectivity index (χ1) is 24.3. The van der Waals surface area contributed by atoms with Crippen molar-refractivity contribution in [3.63, 3.8) is 0 Å². The van der Waals surface area contributed by atoms with E-state index in [0.29, 0.717) is 46.9 Å². The number of rotatable bonds is 7. The van der Waals surface area contributed by atoms with Gasteiger partial charge in [0.2, 0.25) is 17.6 Å². The van der Waals surface area contributed by atoms with Crippen molar-refractivity contribution in [1.29, 1.82) is 0 Å². The highest BCUT2D eigenvalue weighted by molar-refractivity contribution is 5.94. The van der Waals surface area contributed by atoms with Crippen molar-refractivity contribution in [2.75, 3.05) is 79.2 Å². The van der Waals surface area contributed by atoms with Gasteiger partial charge in [-0.15, -0.1) is 0 Å². The predicted octanol–water partition coefficient (Wildman–Crippen LogP) is 2.55. The van der Waals surface area contributed by atoms with Crippen LogP contribution in [0.15, 0.2) is 36.7 Å². The van der Waals surface area contributed by atoms with Gasteiger partial charge in [-0.05, 0) is 30.9 Å². The monoisotopic (exact) mass is 688 g/mol. The Morgan fingerprint density at radius 3 is 2.56 bits per heavy atom. The first-order valence-electron chi connectivity index (χ1n) is 16.8. The number of anilines is 1. The lowest BCUT2D eigenvalue weighted by atomic mass is 9.97. The molecule has 1 saturated heterocycles. The summed E-state index contributed by atoms with van der Waals surface area (Å²) in [6, 6.07) is 7.19. The average molecular weight is 689 g/mol. The normalized spacial score (nSPS) is 17.5. The van der Waals surface area contributed by atoms with Gasteiger partial charge in [-0.25, -0.2) is 14.5 Å². The van der Waals surface area contributed by atoms with Gasteiger partial charge in [0, 0.05) is 94.8 Å². The highest BCUT2D eigenvalue weighted by atomic mass is 16.5. The molecule has 3 amide bonds. The molecular formula is C35H44N8O7. The minimum absolute atomic E-state index is 0.113. The summed E-state index contributed by atoms with van der Waals surface area (Å²) in [6.07, 6.45) is 5.49. The second-order valence-corrected chi connectivity index (χ2v) is 12.5. The van der Waals surface area contributed by atoms with E-state index in [4.69, 9.17) is 23.9 Å². The van der Waals surface area contributed by atoms with E-state index in [1.807, 2.05) is 12.1 Å². The van der Waals surface area contributed by atoms with E-state index in [1.54, 1.807) is 62.8 Å². The van der Waals surface area contributed by atoms with Gasteiger partial charge in [0.15, 0.2) is 22.8 Å². The van der Waals surface area contributed by atoms with E-state index in [-0.39, 0.29) is 75.0 Å². The first-order valence-corrected chi connectivity index (χ1v) is 16.8. The maximum Gasteiger partial charge on any atom is 0.274 e. The molecule has 0 aliphatic carbocycles. The summed E-state index contributed by atoms with van der Waals surface area (Å²) < 4.78 is 23.9. The van der Waals surface area contributed by atoms with Crippen LogP contribution in [0.25, 0.3) is 16.6 Å². The largest absolute Gasteiger partial charge is 0.493 e. The number of aromatic nitrogens is 4. The topological polar surface area (TPSA) is 153 Å². The third kappa shape index (κ3) is 7.37. The van der Waals surface area contributed by atoms with Gasteiger partial charge in [-0.3, -0.25) is 14.4 Å². The predicted molar refractivity (Wildman–Crippen MR) is 185 cm³/mol. The minimum Gasteiger partial charge on any atom is -0.493 e. The van der Waals surface area contributed by atoms with Gasteiger partial charge in [0.05, 0.1) is 39.9 Å². The number of fused-ring (bicyclic) bond motifs is 6. The van der Waals surface area contributed by atoms with Crippen molar-refractivity contribution >= 4 is 40.1 Å². The molecule has 2 bridgehead atoms. The second-order valence-electron chi connectivity index (χ2n) is 12.5. The van der Waals surface area contributed by atoms with Gasteiger partial charge in [0.25, 0.3) is 5.91 Å². The molecule has 0 saturated carbocycles. The van der Waals surface area contributed by atoms with Crippen LogP contribution in [-0.2, 0) is 20.9 Å². The Labute approximate surface area is 290 Å². The number of nitrogens with zero attached hydrogens (tertiary/aromatic N) is 7. The number of hydrogen-bond acceptors (Lipinski definition) is 11. The summed E-state index contributed by atoms with van der Waals surface area (Å²) in [5, 5.41) is 8.24. The van der Waals surface area contributed by atoms with Gasteiger partial charge in [-0.2, -0.15) is 5.10 Å². The van der Waals surface area contributed by atoms with Gasteiger partial charge in [0.1, 0.15) is 5.82 Å². The maximum atomic E-state index is 13.9. The van der Waals surface area contributed by atoms with Crippen molar-refractivity contribution in [1.82, 2.24) is 34.7 Å². The molecule has 15 nitrogen and oxygen atoms in total. The highest BCUT2D eigenvalue weighted by Gasteiger charge is 2.29. The molecule has 266 valence electrons. The Morgan fingerprint density at radius 2 is 1.80 bits per heavy atom. The minimum atomic E-state index is -0.349. The van der Waals surface area contributed by atoms with Crippen molar-refractivity contribution in [3.8, 4) is 17.2 Å². The summed E-state index contributed by atoms with van der Waals surface area (Å²) in [6.45, 7) is 2.95. The fourth-order valence-electron chi connectivity index (χ4n) is 6.72. The van der Waals surface area contributed by atoms with Crippen LogP contribution in [0.4, 0.5) is 5.82 Å². The molecule has 0 spiro atoms. The first kappa shape index (κ1) is 34.7. The van der Waals surface area contributed by atoms with Crippen molar-refractivity contribution in [2.24, 2.45) is 5.92 Å². The molecule has 15 heteroatoms. The van der Waals surface area contributed by atoms with E-state index in [0.717, 1.165) is 30.8 Å². The van der Waals surface area contributed by atoms with Crippen LogP contribution in [0.5, 0.6) is 17.2 Å². The Kier molecular flexibility index (Phi) is 10.8. The number of piperidine rings is 1. The molecule has 6 rings (SSSR count). The highest BCUT2D eigenvalue weighted by Crippen LogP contribution is 2.44. The van der Waals surface area contributed by atoms with Crippen LogP contribution in [0, 0.1) is 5.92 Å². The maximum absolute atomic E-state index is 13.9. The molecule has 5 heterocycles. The molecule has 1 N–H and O–H groups in total. The number of amides is 3. The zero-order valence-electron chi connectivity index (χ0n) is 29.0. The summed E-state index contributed by atoms with van der Waals surface area (Å²) in [5.74, 6) is 1.71. The summed E-state index contributed by atoms with van der Waals surface area (Å²) in [7, 11) is 6.25. The summed E-state index contributed by atoms with van der Waals surface area (Å²) in [5.41, 5.74) is 2.21. The Bertz CT molecular complexity index is 1830. The lowest BCUT2D eigenvalue weighted by Crippen LogP contribution is -2.43. The molecular weight excluding hydrogens is 644 g/mol. The lowest BCUT2D eigenvalue weighted by Gasteiger charge is -2.35. The van der Waals surface area contributed by atoms with Crippen LogP contribution < -0.4 is 24.4 Å². The lowest BCUT2D eigenvalue weighted by molar-refractivity contribution is -0.133. The van der Waals surface area contributed by atoms with E-state index in [2.05, 4.69) is 20.3 Å². The number of carbonyl (C=O) groups excluding carboxylic acids is 3. The van der Waals surface area contributed by atoms with E-state index in [1.165, 1.54) is 4.52 Å². The number of methoxy groups -OCH3 is 4. The van der Waals surface area contributed by atoms with Gasteiger partial charge in [-0.1, -0.05) is 0 Å². The number of ether oxygens (including phenoxy) is 4. The molecule has 2 aliphatic heterocycles. The molecule has 4 aromatic rings. The second kappa shape index (κ2) is 15.6. The molecule has 1 unspecified atom stereocenters. The van der Waals surface area contributed by atoms with E-state index in [9.17, 15) is 14.4 Å². The SMILES string of the molecule is COCCC(=O)N1CCN(C(=O)c2cc3ncccn3n2)CCC(=O)NCC2CCCN(C2)c2nc3cc(OC)c(OC)c(OC)c3cc2C1. The number of nitrogens with one attached hydrogen (secondary N) is 1. The summed E-state index contributed by atoms with van der Waals surface area (Å²) >= 11 is 0. The molecule has 1 aromatic carbocycles. The number of benzene rings is 1. The van der Waals surface area contributed by atoms with E-state index >= 15 is 0 Å². The Balaban J connectivity index is 1.43. The van der Waals surface area contributed by atoms with Crippen LogP contribution >= 0.6 is 0 Å². The zero-order valence-corrected chi connectivity index (χ0v) is 29.0. The standard InChI is InChI=1S/C35H44N8O7/c1-47-16-9-31(45)41-15-14-40(35(46)27-19-29-36-10-6-12-43(29)39-27)13-8-30(44)37-20-23-7-5-11-42(21-23)34-24(22-41)17-25-26(38-34)18-28(48-2)33(50-4)32(25)49-3/h6,10,12,17-19,23H,5,7-9,11,13-16,20-22H2,1-4H3,(H,37,44). The van der Waals surface area contributed by atoms with Crippen LogP contribution in [0.3, 0.4) is 0 Å². The van der Waals surface area contributed by atoms with Crippen LogP contribution in [0.1, 0.15) is 41.7 Å². The molecule has 1 fully saturated rings. The number of carbonyl (C=O) groups is 3. The summed E-state index contributed by atoms with van der Waals surface area (Å²) in [4.78, 5) is 55.9. The van der Waals surface area contributed by atoms with Crippen molar-refractivity contribution < 1.29 is 33.3 Å². The van der Waals surface area contributed by atoms with Crippen LogP contribution in [0.2, 0.25) is 0 Å². The van der Waals surface area contributed by atoms with Gasteiger partial charge < -0.3 is 39.0 Å². The smallest absolute Gasteiger partial charge is 0.274 e. The van der Waals surface area contributed by atoms with Crippen molar-refractivity contribution in [2.45, 2.75) is 32.2 Å². The van der Waals surface area contributed by atoms with Gasteiger partial charge >= 0.3 is 0 Å². The third-order valence-corrected chi connectivity index (χ3v) is 9.31. The third-order valence-electron chi connectivity index (χ3n) is 9.31.